The second-order valence-corrected chi connectivity index (χ2v) is 7.97. The van der Waals surface area contributed by atoms with Gasteiger partial charge < -0.3 is 0 Å². The largest absolute Gasteiger partial charge is 0.204 e. The molecule has 0 unspecified atom stereocenters. The topological polar surface area (TPSA) is 0 Å². The summed E-state index contributed by atoms with van der Waals surface area (Å²) in [6.07, 6.45) is 3.88. The zero-order valence-corrected chi connectivity index (χ0v) is 16.9. The first-order valence-electron chi connectivity index (χ1n) is 10.2. The molecule has 0 bridgehead atoms. The van der Waals surface area contributed by atoms with E-state index in [9.17, 15) is 26.3 Å². The lowest BCUT2D eigenvalue weighted by Crippen LogP contribution is -2.17. The molecule has 0 saturated heterocycles. The lowest BCUT2D eigenvalue weighted by Gasteiger charge is -2.27. The van der Waals surface area contributed by atoms with Gasteiger partial charge in [0.15, 0.2) is 34.9 Å². The van der Waals surface area contributed by atoms with Gasteiger partial charge in [0.1, 0.15) is 5.56 Å². The Labute approximate surface area is 181 Å². The molecule has 0 atom stereocenters. The number of benzene rings is 3. The van der Waals surface area contributed by atoms with Crippen LogP contribution in [0, 0.1) is 52.7 Å². The third-order valence-electron chi connectivity index (χ3n) is 6.02. The van der Waals surface area contributed by atoms with Gasteiger partial charge in [0, 0.05) is 11.1 Å². The molecule has 1 saturated carbocycles. The van der Waals surface area contributed by atoms with Crippen molar-refractivity contribution >= 4 is 10.8 Å². The Morgan fingerprint density at radius 1 is 0.719 bits per heavy atom. The van der Waals surface area contributed by atoms with E-state index in [0.717, 1.165) is 12.1 Å². The molecule has 6 heteroatoms. The van der Waals surface area contributed by atoms with Crippen LogP contribution in [0.25, 0.3) is 10.8 Å². The lowest BCUT2D eigenvalue weighted by molar-refractivity contribution is 0.346. The van der Waals surface area contributed by atoms with Crippen molar-refractivity contribution in [3.05, 3.63) is 94.6 Å². The molecule has 0 N–H and O–H groups in total. The average molecular weight is 444 g/mol. The molecule has 0 radical (unpaired) electrons. The van der Waals surface area contributed by atoms with Crippen LogP contribution in [-0.2, 0) is 0 Å². The van der Waals surface area contributed by atoms with Gasteiger partial charge in [0.2, 0.25) is 0 Å². The molecule has 0 nitrogen and oxygen atoms in total. The summed E-state index contributed by atoms with van der Waals surface area (Å²) in [5, 5.41) is 0.721. The van der Waals surface area contributed by atoms with E-state index in [2.05, 4.69) is 18.4 Å². The third kappa shape index (κ3) is 4.00. The Morgan fingerprint density at radius 3 is 1.91 bits per heavy atom. The van der Waals surface area contributed by atoms with Gasteiger partial charge in [-0.1, -0.05) is 24.0 Å². The van der Waals surface area contributed by atoms with Crippen molar-refractivity contribution in [2.24, 2.45) is 5.92 Å². The summed E-state index contributed by atoms with van der Waals surface area (Å²) in [6.45, 7) is 3.71. The number of allylic oxidation sites excluding steroid dienone is 1. The molecule has 0 amide bonds. The van der Waals surface area contributed by atoms with E-state index in [1.165, 1.54) is 18.2 Å². The molecule has 164 valence electrons. The van der Waals surface area contributed by atoms with Crippen LogP contribution in [0.15, 0.2) is 43.0 Å². The van der Waals surface area contributed by atoms with E-state index in [4.69, 9.17) is 0 Å². The molecule has 1 aliphatic rings. The van der Waals surface area contributed by atoms with E-state index in [1.807, 2.05) is 0 Å². The van der Waals surface area contributed by atoms with Crippen molar-refractivity contribution < 1.29 is 26.3 Å². The van der Waals surface area contributed by atoms with Gasteiger partial charge in [-0.15, -0.1) is 6.58 Å². The summed E-state index contributed by atoms with van der Waals surface area (Å²) in [5.74, 6) is -3.78. The minimum absolute atomic E-state index is 0.218. The normalized spacial score (nSPS) is 18.3. The highest BCUT2D eigenvalue weighted by Crippen LogP contribution is 2.40. The highest BCUT2D eigenvalue weighted by atomic mass is 19.2. The quantitative estimate of drug-likeness (QED) is 0.166. The fraction of sp³-hybridized carbons (Fsp3) is 0.231. The van der Waals surface area contributed by atoms with Gasteiger partial charge in [-0.25, -0.2) is 26.3 Å². The van der Waals surface area contributed by atoms with Crippen molar-refractivity contribution in [2.45, 2.75) is 31.6 Å². The van der Waals surface area contributed by atoms with E-state index in [0.29, 0.717) is 36.5 Å². The SMILES string of the molecule is C=CC1CCC(c2c(F)c(F)c(C#Cc3ccc4cc(F)c(F)cc4c3)c(F)c2F)CC1. The molecule has 0 heterocycles. The van der Waals surface area contributed by atoms with Crippen molar-refractivity contribution in [3.8, 4) is 11.8 Å². The minimum atomic E-state index is -1.54. The first-order valence-corrected chi connectivity index (χ1v) is 10.2. The van der Waals surface area contributed by atoms with Crippen LogP contribution in [-0.4, -0.2) is 0 Å². The van der Waals surface area contributed by atoms with Crippen LogP contribution in [0.2, 0.25) is 0 Å². The maximum Gasteiger partial charge on any atom is 0.177 e. The Morgan fingerprint density at radius 2 is 1.31 bits per heavy atom. The summed E-state index contributed by atoms with van der Waals surface area (Å²) in [5.41, 5.74) is -1.36. The van der Waals surface area contributed by atoms with Crippen molar-refractivity contribution in [3.63, 3.8) is 0 Å². The number of hydrogen-bond donors (Lipinski definition) is 0. The van der Waals surface area contributed by atoms with E-state index in [-0.39, 0.29) is 11.5 Å². The summed E-state index contributed by atoms with van der Waals surface area (Å²) in [6, 6.07) is 6.25. The number of hydrogen-bond acceptors (Lipinski definition) is 0. The summed E-state index contributed by atoms with van der Waals surface area (Å²) < 4.78 is 85.6. The smallest absolute Gasteiger partial charge is 0.177 e. The van der Waals surface area contributed by atoms with E-state index >= 15 is 0 Å². The van der Waals surface area contributed by atoms with Crippen molar-refractivity contribution in [1.29, 1.82) is 0 Å². The first kappa shape index (κ1) is 22.0. The van der Waals surface area contributed by atoms with Crippen LogP contribution in [0.1, 0.15) is 48.3 Å². The predicted octanol–water partition coefficient (Wildman–Crippen LogP) is 7.53. The van der Waals surface area contributed by atoms with Gasteiger partial charge in [-0.05, 0) is 72.6 Å². The Bertz CT molecular complexity index is 1240. The van der Waals surface area contributed by atoms with Gasteiger partial charge in [-0.2, -0.15) is 0 Å². The van der Waals surface area contributed by atoms with Gasteiger partial charge in [0.25, 0.3) is 0 Å². The maximum atomic E-state index is 14.7. The summed E-state index contributed by atoms with van der Waals surface area (Å²) >= 11 is 0. The molecule has 0 aromatic heterocycles. The molecule has 0 aliphatic heterocycles. The number of rotatable bonds is 2. The van der Waals surface area contributed by atoms with Crippen LogP contribution in [0.3, 0.4) is 0 Å². The monoisotopic (exact) mass is 444 g/mol. The summed E-state index contributed by atoms with van der Waals surface area (Å²) in [4.78, 5) is 0. The predicted molar refractivity (Wildman–Crippen MR) is 111 cm³/mol. The Hall–Kier alpha value is -3.20. The van der Waals surface area contributed by atoms with E-state index in [1.54, 1.807) is 6.08 Å². The molecule has 0 spiro atoms. The molecule has 32 heavy (non-hydrogen) atoms. The fourth-order valence-electron chi connectivity index (χ4n) is 4.21. The zero-order chi connectivity index (χ0) is 23.0. The van der Waals surface area contributed by atoms with Gasteiger partial charge in [0.05, 0.1) is 0 Å². The molecule has 1 fully saturated rings. The highest BCUT2D eigenvalue weighted by molar-refractivity contribution is 5.84. The average Bonchev–Trinajstić information content (AvgIpc) is 2.79. The molecule has 4 rings (SSSR count). The first-order chi connectivity index (χ1) is 15.3. The van der Waals surface area contributed by atoms with Crippen LogP contribution >= 0.6 is 0 Å². The molecule has 3 aromatic rings. The van der Waals surface area contributed by atoms with Crippen molar-refractivity contribution in [2.75, 3.05) is 0 Å². The molecular weight excluding hydrogens is 426 g/mol. The highest BCUT2D eigenvalue weighted by Gasteiger charge is 2.31. The van der Waals surface area contributed by atoms with Crippen LogP contribution in [0.4, 0.5) is 26.3 Å². The van der Waals surface area contributed by atoms with Crippen LogP contribution in [0.5, 0.6) is 0 Å². The van der Waals surface area contributed by atoms with E-state index < -0.39 is 51.9 Å². The summed E-state index contributed by atoms with van der Waals surface area (Å²) in [7, 11) is 0. The fourth-order valence-corrected chi connectivity index (χ4v) is 4.21. The second kappa shape index (κ2) is 8.74. The van der Waals surface area contributed by atoms with Gasteiger partial charge >= 0.3 is 0 Å². The molecule has 3 aromatic carbocycles. The standard InChI is InChI=1S/C26H18F6/c1-2-14-3-7-16(8-4-14)22-25(31)23(29)19(24(30)26(22)32)10-6-15-5-9-17-12-20(27)21(28)13-18(17)11-15/h2,5,9,11-14,16H,1,3-4,7-8H2. The number of halogens is 6. The second-order valence-electron chi connectivity index (χ2n) is 7.97. The lowest BCUT2D eigenvalue weighted by atomic mass is 9.78. The number of fused-ring (bicyclic) bond motifs is 1. The van der Waals surface area contributed by atoms with Crippen LogP contribution < -0.4 is 0 Å². The maximum absolute atomic E-state index is 14.7. The minimum Gasteiger partial charge on any atom is -0.204 e. The Kier molecular flexibility index (Phi) is 6.01. The van der Waals surface area contributed by atoms with Gasteiger partial charge in [-0.3, -0.25) is 0 Å². The molecular formula is C26H18F6. The third-order valence-corrected chi connectivity index (χ3v) is 6.02. The van der Waals surface area contributed by atoms with Crippen molar-refractivity contribution in [1.82, 2.24) is 0 Å². The zero-order valence-electron chi connectivity index (χ0n) is 16.9. The Balaban J connectivity index is 1.70. The molecule has 1 aliphatic carbocycles.